The summed E-state index contributed by atoms with van der Waals surface area (Å²) < 4.78 is 27.2. The maximum absolute atomic E-state index is 14.0. The SMILES string of the molecule is CCNC(=NCCNC(=O)c1scnc1C)NC1CCN(c2ccc(F)cc2F)C1.I. The van der Waals surface area contributed by atoms with Gasteiger partial charge in [0.1, 0.15) is 16.5 Å². The van der Waals surface area contributed by atoms with Gasteiger partial charge in [-0.2, -0.15) is 0 Å². The summed E-state index contributed by atoms with van der Waals surface area (Å²) >= 11 is 1.32. The lowest BCUT2D eigenvalue weighted by Gasteiger charge is -2.21. The van der Waals surface area contributed by atoms with Crippen LogP contribution >= 0.6 is 35.3 Å². The Hall–Kier alpha value is -2.02. The molecule has 2 aromatic rings. The standard InChI is InChI=1S/C20H26F2N6OS.HI/c1-3-23-20(25-8-7-24-19(29)18-13(2)26-12-30-18)27-15-6-9-28(11-15)17-5-4-14(21)10-16(17)22;/h4-5,10,12,15H,3,6-9,11H2,1-2H3,(H,24,29)(H2,23,25,27);1H. The van der Waals surface area contributed by atoms with E-state index >= 15 is 0 Å². The van der Waals surface area contributed by atoms with Gasteiger partial charge in [0.2, 0.25) is 0 Å². The number of anilines is 1. The maximum atomic E-state index is 14.0. The average molecular weight is 564 g/mol. The second-order valence-corrected chi connectivity index (χ2v) is 7.81. The molecule has 1 aromatic heterocycles. The van der Waals surface area contributed by atoms with Gasteiger partial charge >= 0.3 is 0 Å². The third kappa shape index (κ3) is 6.99. The van der Waals surface area contributed by atoms with Crippen molar-refractivity contribution in [3.8, 4) is 0 Å². The molecule has 1 unspecified atom stereocenters. The minimum absolute atomic E-state index is 0. The summed E-state index contributed by atoms with van der Waals surface area (Å²) in [5, 5.41) is 9.38. The van der Waals surface area contributed by atoms with Crippen LogP contribution in [0.25, 0.3) is 0 Å². The van der Waals surface area contributed by atoms with Crippen molar-refractivity contribution in [3.63, 3.8) is 0 Å². The molecule has 1 aromatic carbocycles. The molecule has 1 atom stereocenters. The van der Waals surface area contributed by atoms with Gasteiger partial charge in [0.15, 0.2) is 5.96 Å². The zero-order chi connectivity index (χ0) is 21.5. The lowest BCUT2D eigenvalue weighted by Crippen LogP contribution is -2.45. The van der Waals surface area contributed by atoms with Crippen LogP contribution in [0.5, 0.6) is 0 Å². The molecule has 0 aliphatic carbocycles. The molecular formula is C20H27F2IN6OS. The van der Waals surface area contributed by atoms with Gasteiger partial charge < -0.3 is 20.9 Å². The van der Waals surface area contributed by atoms with E-state index in [1.165, 1.54) is 23.5 Å². The number of guanidine groups is 1. The van der Waals surface area contributed by atoms with Crippen LogP contribution in [0.2, 0.25) is 0 Å². The van der Waals surface area contributed by atoms with Crippen LogP contribution < -0.4 is 20.9 Å². The van der Waals surface area contributed by atoms with Crippen molar-refractivity contribution >= 4 is 52.9 Å². The molecule has 7 nitrogen and oxygen atoms in total. The Kier molecular flexibility index (Phi) is 9.88. The van der Waals surface area contributed by atoms with Gasteiger partial charge in [-0.1, -0.05) is 0 Å². The summed E-state index contributed by atoms with van der Waals surface area (Å²) in [7, 11) is 0. The van der Waals surface area contributed by atoms with Crippen LogP contribution in [0, 0.1) is 18.6 Å². The van der Waals surface area contributed by atoms with Gasteiger partial charge in [0.05, 0.1) is 23.4 Å². The molecule has 1 aliphatic heterocycles. The Balaban J connectivity index is 0.00000341. The van der Waals surface area contributed by atoms with Gasteiger partial charge in [-0.25, -0.2) is 13.8 Å². The van der Waals surface area contributed by atoms with Crippen LogP contribution in [-0.2, 0) is 0 Å². The molecule has 170 valence electrons. The fourth-order valence-corrected chi connectivity index (χ4v) is 4.00. The smallest absolute Gasteiger partial charge is 0.263 e. The van der Waals surface area contributed by atoms with Gasteiger partial charge in [-0.15, -0.1) is 35.3 Å². The average Bonchev–Trinajstić information content (AvgIpc) is 3.34. The highest BCUT2D eigenvalue weighted by atomic mass is 127. The monoisotopic (exact) mass is 564 g/mol. The molecule has 11 heteroatoms. The molecule has 3 N–H and O–H groups in total. The summed E-state index contributed by atoms with van der Waals surface area (Å²) in [6, 6.07) is 3.73. The summed E-state index contributed by atoms with van der Waals surface area (Å²) in [5.41, 5.74) is 2.78. The van der Waals surface area contributed by atoms with Crippen molar-refractivity contribution in [2.24, 2.45) is 4.99 Å². The molecule has 0 bridgehead atoms. The van der Waals surface area contributed by atoms with Crippen LogP contribution in [0.15, 0.2) is 28.7 Å². The first-order valence-electron chi connectivity index (χ1n) is 9.91. The second kappa shape index (κ2) is 12.1. The fourth-order valence-electron chi connectivity index (χ4n) is 3.29. The third-order valence-corrected chi connectivity index (χ3v) is 5.67. The van der Waals surface area contributed by atoms with Crippen molar-refractivity contribution in [2.45, 2.75) is 26.3 Å². The predicted molar refractivity (Wildman–Crippen MR) is 131 cm³/mol. The molecule has 31 heavy (non-hydrogen) atoms. The van der Waals surface area contributed by atoms with E-state index in [4.69, 9.17) is 0 Å². The van der Waals surface area contributed by atoms with E-state index in [1.54, 1.807) is 12.4 Å². The van der Waals surface area contributed by atoms with Crippen LogP contribution in [0.4, 0.5) is 14.5 Å². The highest BCUT2D eigenvalue weighted by Crippen LogP contribution is 2.24. The number of amides is 1. The molecule has 0 radical (unpaired) electrons. The molecule has 0 saturated carbocycles. The maximum Gasteiger partial charge on any atom is 0.263 e. The predicted octanol–water partition coefficient (Wildman–Crippen LogP) is 2.91. The first kappa shape index (κ1) is 25.2. The van der Waals surface area contributed by atoms with Crippen LogP contribution in [-0.4, -0.2) is 55.6 Å². The number of nitrogens with one attached hydrogen (secondary N) is 3. The Morgan fingerprint density at radius 1 is 1.35 bits per heavy atom. The summed E-state index contributed by atoms with van der Waals surface area (Å²) in [6.45, 7) is 6.56. The number of aliphatic imine (C=N–C) groups is 1. The highest BCUT2D eigenvalue weighted by molar-refractivity contribution is 14.0. The zero-order valence-corrected chi connectivity index (χ0v) is 20.6. The normalized spacial score (nSPS) is 16.1. The van der Waals surface area contributed by atoms with E-state index in [1.807, 2.05) is 11.8 Å². The fraction of sp³-hybridized carbons (Fsp3) is 0.450. The first-order chi connectivity index (χ1) is 14.5. The van der Waals surface area contributed by atoms with E-state index in [0.29, 0.717) is 49.2 Å². The van der Waals surface area contributed by atoms with Crippen molar-refractivity contribution < 1.29 is 13.6 Å². The number of thiazole rings is 1. The van der Waals surface area contributed by atoms with Crippen molar-refractivity contribution in [2.75, 3.05) is 37.6 Å². The zero-order valence-electron chi connectivity index (χ0n) is 17.5. The quantitative estimate of drug-likeness (QED) is 0.209. The van der Waals surface area contributed by atoms with E-state index in [0.717, 1.165) is 18.2 Å². The van der Waals surface area contributed by atoms with Gasteiger partial charge in [-0.05, 0) is 32.4 Å². The molecule has 1 saturated heterocycles. The molecule has 1 fully saturated rings. The molecular weight excluding hydrogens is 537 g/mol. The number of benzene rings is 1. The lowest BCUT2D eigenvalue weighted by molar-refractivity contribution is 0.0958. The Morgan fingerprint density at radius 3 is 2.84 bits per heavy atom. The van der Waals surface area contributed by atoms with Crippen molar-refractivity contribution in [3.05, 3.63) is 45.9 Å². The van der Waals surface area contributed by atoms with E-state index in [-0.39, 0.29) is 35.9 Å². The number of hydrogen-bond acceptors (Lipinski definition) is 5. The largest absolute Gasteiger partial charge is 0.367 e. The van der Waals surface area contributed by atoms with Gasteiger partial charge in [0.25, 0.3) is 5.91 Å². The number of hydrogen-bond donors (Lipinski definition) is 3. The number of rotatable bonds is 7. The van der Waals surface area contributed by atoms with Gasteiger partial charge in [-0.3, -0.25) is 9.79 Å². The third-order valence-electron chi connectivity index (χ3n) is 4.74. The number of nitrogens with zero attached hydrogens (tertiary/aromatic N) is 3. The minimum atomic E-state index is -0.579. The number of aromatic nitrogens is 1. The van der Waals surface area contributed by atoms with Gasteiger partial charge in [0, 0.05) is 38.3 Å². The first-order valence-corrected chi connectivity index (χ1v) is 10.8. The Morgan fingerprint density at radius 2 is 2.16 bits per heavy atom. The van der Waals surface area contributed by atoms with Crippen LogP contribution in [0.1, 0.15) is 28.7 Å². The van der Waals surface area contributed by atoms with Crippen molar-refractivity contribution in [1.29, 1.82) is 0 Å². The molecule has 0 spiro atoms. The summed E-state index contributed by atoms with van der Waals surface area (Å²) in [6.07, 6.45) is 0.808. The Bertz CT molecular complexity index is 910. The van der Waals surface area contributed by atoms with E-state index < -0.39 is 11.6 Å². The lowest BCUT2D eigenvalue weighted by atomic mass is 10.2. The Labute approximate surface area is 201 Å². The van der Waals surface area contributed by atoms with E-state index in [2.05, 4.69) is 25.9 Å². The summed E-state index contributed by atoms with van der Waals surface area (Å²) in [4.78, 5) is 23.2. The number of carbonyl (C=O) groups is 1. The summed E-state index contributed by atoms with van der Waals surface area (Å²) in [5.74, 6) is -0.629. The minimum Gasteiger partial charge on any atom is -0.367 e. The topological polar surface area (TPSA) is 81.6 Å². The van der Waals surface area contributed by atoms with Crippen molar-refractivity contribution in [1.82, 2.24) is 20.9 Å². The second-order valence-electron chi connectivity index (χ2n) is 6.96. The molecule has 2 heterocycles. The molecule has 1 aliphatic rings. The number of carbonyl (C=O) groups excluding carboxylic acids is 1. The molecule has 3 rings (SSSR count). The molecule has 1 amide bonds. The van der Waals surface area contributed by atoms with Crippen LogP contribution in [0.3, 0.4) is 0 Å². The highest BCUT2D eigenvalue weighted by Gasteiger charge is 2.25. The number of halogens is 3. The van der Waals surface area contributed by atoms with E-state index in [9.17, 15) is 13.6 Å². The number of aryl methyl sites for hydroxylation is 1.